The van der Waals surface area contributed by atoms with Crippen LogP contribution in [0, 0.1) is 0 Å². The summed E-state index contributed by atoms with van der Waals surface area (Å²) < 4.78 is 67.0. The van der Waals surface area contributed by atoms with Crippen LogP contribution in [0.15, 0.2) is 59.5 Å². The molecule has 0 atom stereocenters. The highest BCUT2D eigenvalue weighted by Gasteiger charge is 2.32. The van der Waals surface area contributed by atoms with Gasteiger partial charge in [-0.2, -0.15) is 4.31 Å². The second kappa shape index (κ2) is 7.16. The van der Waals surface area contributed by atoms with Crippen LogP contribution in [0.5, 0.6) is 5.75 Å². The zero-order chi connectivity index (χ0) is 18.8. The molecule has 1 saturated heterocycles. The summed E-state index contributed by atoms with van der Waals surface area (Å²) in [6, 6.07) is 13.9. The van der Waals surface area contributed by atoms with Gasteiger partial charge in [0.1, 0.15) is 5.75 Å². The number of halogens is 3. The van der Waals surface area contributed by atoms with E-state index >= 15 is 0 Å². The lowest BCUT2D eigenvalue weighted by Gasteiger charge is -2.35. The molecule has 26 heavy (non-hydrogen) atoms. The number of piperazine rings is 1. The van der Waals surface area contributed by atoms with E-state index in [9.17, 15) is 21.6 Å². The Hall–Kier alpha value is -2.26. The van der Waals surface area contributed by atoms with Crippen LogP contribution in [-0.2, 0) is 10.0 Å². The molecule has 0 unspecified atom stereocenters. The van der Waals surface area contributed by atoms with Gasteiger partial charge in [0.2, 0.25) is 10.0 Å². The highest BCUT2D eigenvalue weighted by Crippen LogP contribution is 2.26. The average molecular weight is 386 g/mol. The predicted octanol–water partition coefficient (Wildman–Crippen LogP) is 3.10. The van der Waals surface area contributed by atoms with Crippen LogP contribution in [0.3, 0.4) is 0 Å². The van der Waals surface area contributed by atoms with E-state index in [1.54, 1.807) is 0 Å². The fraction of sp³-hybridized carbons (Fsp3) is 0.294. The maximum Gasteiger partial charge on any atom is 0.573 e. The minimum atomic E-state index is -4.81. The van der Waals surface area contributed by atoms with Crippen LogP contribution < -0.4 is 9.64 Å². The van der Waals surface area contributed by atoms with Crippen LogP contribution in [0.4, 0.5) is 18.9 Å². The molecule has 1 aliphatic heterocycles. The van der Waals surface area contributed by atoms with Crippen molar-refractivity contribution in [1.82, 2.24) is 4.31 Å². The van der Waals surface area contributed by atoms with Gasteiger partial charge in [0, 0.05) is 31.9 Å². The smallest absolute Gasteiger partial charge is 0.406 e. The Balaban J connectivity index is 1.67. The summed E-state index contributed by atoms with van der Waals surface area (Å²) in [5, 5.41) is 0. The Morgan fingerprint density at radius 1 is 0.846 bits per heavy atom. The van der Waals surface area contributed by atoms with Crippen LogP contribution in [-0.4, -0.2) is 45.3 Å². The number of para-hydroxylation sites is 1. The Labute approximate surface area is 149 Å². The van der Waals surface area contributed by atoms with E-state index in [1.807, 2.05) is 30.3 Å². The highest BCUT2D eigenvalue weighted by molar-refractivity contribution is 7.89. The zero-order valence-corrected chi connectivity index (χ0v) is 14.5. The van der Waals surface area contributed by atoms with Gasteiger partial charge in [-0.25, -0.2) is 8.42 Å². The summed E-state index contributed by atoms with van der Waals surface area (Å²) in [6.07, 6.45) is -4.81. The minimum absolute atomic E-state index is 0.0554. The molecule has 140 valence electrons. The molecule has 0 saturated carbocycles. The molecule has 0 spiro atoms. The molecule has 2 aromatic carbocycles. The maximum absolute atomic E-state index is 12.7. The third-order valence-corrected chi connectivity index (χ3v) is 5.97. The number of benzene rings is 2. The topological polar surface area (TPSA) is 49.9 Å². The number of nitrogens with zero attached hydrogens (tertiary/aromatic N) is 2. The molecule has 5 nitrogen and oxygen atoms in total. The molecule has 1 aliphatic rings. The van der Waals surface area contributed by atoms with E-state index in [0.29, 0.717) is 26.2 Å². The van der Waals surface area contributed by atoms with Gasteiger partial charge < -0.3 is 9.64 Å². The summed E-state index contributed by atoms with van der Waals surface area (Å²) in [4.78, 5) is 2.03. The van der Waals surface area contributed by atoms with E-state index in [2.05, 4.69) is 9.64 Å². The first-order valence-electron chi connectivity index (χ1n) is 7.92. The quantitative estimate of drug-likeness (QED) is 0.810. The molecule has 0 radical (unpaired) electrons. The van der Waals surface area contributed by atoms with Crippen LogP contribution in [0.2, 0.25) is 0 Å². The second-order valence-corrected chi connectivity index (χ2v) is 7.68. The largest absolute Gasteiger partial charge is 0.573 e. The monoisotopic (exact) mass is 386 g/mol. The van der Waals surface area contributed by atoms with Crippen molar-refractivity contribution in [2.45, 2.75) is 11.3 Å². The fourth-order valence-corrected chi connectivity index (χ4v) is 4.21. The Morgan fingerprint density at radius 3 is 1.96 bits per heavy atom. The van der Waals surface area contributed by atoms with Crippen molar-refractivity contribution in [1.29, 1.82) is 0 Å². The lowest BCUT2D eigenvalue weighted by Crippen LogP contribution is -2.48. The van der Waals surface area contributed by atoms with E-state index in [1.165, 1.54) is 4.31 Å². The third kappa shape index (κ3) is 4.28. The average Bonchev–Trinajstić information content (AvgIpc) is 2.62. The van der Waals surface area contributed by atoms with Crippen molar-refractivity contribution in [3.8, 4) is 5.75 Å². The van der Waals surface area contributed by atoms with Crippen molar-refractivity contribution in [2.75, 3.05) is 31.1 Å². The van der Waals surface area contributed by atoms with Gasteiger partial charge >= 0.3 is 6.36 Å². The maximum atomic E-state index is 12.7. The van der Waals surface area contributed by atoms with Crippen molar-refractivity contribution in [2.24, 2.45) is 0 Å². The van der Waals surface area contributed by atoms with Gasteiger partial charge in [0.05, 0.1) is 4.90 Å². The highest BCUT2D eigenvalue weighted by atomic mass is 32.2. The molecular weight excluding hydrogens is 369 g/mol. The molecule has 1 heterocycles. The van der Waals surface area contributed by atoms with Gasteiger partial charge in [0.25, 0.3) is 0 Å². The van der Waals surface area contributed by atoms with Gasteiger partial charge in [-0.15, -0.1) is 13.2 Å². The van der Waals surface area contributed by atoms with E-state index in [-0.39, 0.29) is 4.90 Å². The number of rotatable bonds is 4. The van der Waals surface area contributed by atoms with Crippen molar-refractivity contribution in [3.05, 3.63) is 54.6 Å². The second-order valence-electron chi connectivity index (χ2n) is 5.75. The molecule has 0 amide bonds. The van der Waals surface area contributed by atoms with Crippen LogP contribution >= 0.6 is 0 Å². The SMILES string of the molecule is O=S(=O)(c1ccc(OC(F)(F)F)cc1)N1CCN(c2ccccc2)CC1. The van der Waals surface area contributed by atoms with Crippen LogP contribution in [0.25, 0.3) is 0 Å². The Bertz CT molecular complexity index is 832. The van der Waals surface area contributed by atoms with Crippen molar-refractivity contribution in [3.63, 3.8) is 0 Å². The molecule has 1 fully saturated rings. The van der Waals surface area contributed by atoms with E-state index in [0.717, 1.165) is 30.0 Å². The summed E-state index contributed by atoms with van der Waals surface area (Å²) in [6.45, 7) is 1.69. The molecule has 2 aromatic rings. The normalized spacial score (nSPS) is 16.5. The number of hydrogen-bond donors (Lipinski definition) is 0. The summed E-state index contributed by atoms with van der Waals surface area (Å²) in [7, 11) is -3.76. The summed E-state index contributed by atoms with van der Waals surface area (Å²) >= 11 is 0. The number of hydrogen-bond acceptors (Lipinski definition) is 4. The molecule has 0 N–H and O–H groups in total. The predicted molar refractivity (Wildman–Crippen MR) is 90.5 cm³/mol. The first-order valence-corrected chi connectivity index (χ1v) is 9.36. The molecule has 0 bridgehead atoms. The van der Waals surface area contributed by atoms with Gasteiger partial charge in [-0.3, -0.25) is 0 Å². The minimum Gasteiger partial charge on any atom is -0.406 e. The zero-order valence-electron chi connectivity index (χ0n) is 13.7. The van der Waals surface area contributed by atoms with Gasteiger partial charge in [0.15, 0.2) is 0 Å². The first-order chi connectivity index (χ1) is 12.3. The molecule has 9 heteroatoms. The standard InChI is InChI=1S/C17H17F3N2O3S/c18-17(19,20)25-15-6-8-16(9-7-15)26(23,24)22-12-10-21(11-13-22)14-4-2-1-3-5-14/h1-9H,10-13H2. The Morgan fingerprint density at radius 2 is 1.42 bits per heavy atom. The van der Waals surface area contributed by atoms with E-state index < -0.39 is 22.1 Å². The molecular formula is C17H17F3N2O3S. The van der Waals surface area contributed by atoms with Crippen LogP contribution in [0.1, 0.15) is 0 Å². The number of ether oxygens (including phenoxy) is 1. The third-order valence-electron chi connectivity index (χ3n) is 4.06. The first kappa shape index (κ1) is 18.5. The lowest BCUT2D eigenvalue weighted by atomic mass is 10.2. The van der Waals surface area contributed by atoms with Gasteiger partial charge in [-0.1, -0.05) is 18.2 Å². The molecule has 0 aliphatic carbocycles. The van der Waals surface area contributed by atoms with Crippen molar-refractivity contribution < 1.29 is 26.3 Å². The fourth-order valence-electron chi connectivity index (χ4n) is 2.79. The summed E-state index contributed by atoms with van der Waals surface area (Å²) in [5.41, 5.74) is 1.03. The van der Waals surface area contributed by atoms with Gasteiger partial charge in [-0.05, 0) is 36.4 Å². The lowest BCUT2D eigenvalue weighted by molar-refractivity contribution is -0.274. The summed E-state index contributed by atoms with van der Waals surface area (Å²) in [5.74, 6) is -0.453. The number of alkyl halides is 3. The Kier molecular flexibility index (Phi) is 5.10. The number of anilines is 1. The van der Waals surface area contributed by atoms with Crippen molar-refractivity contribution >= 4 is 15.7 Å². The number of sulfonamides is 1. The van der Waals surface area contributed by atoms with E-state index in [4.69, 9.17) is 0 Å². The molecule has 3 rings (SSSR count). The molecule has 0 aromatic heterocycles.